The van der Waals surface area contributed by atoms with Crippen molar-refractivity contribution in [2.24, 2.45) is 5.73 Å². The summed E-state index contributed by atoms with van der Waals surface area (Å²) in [6, 6.07) is 10.9. The zero-order chi connectivity index (χ0) is 17.9. The van der Waals surface area contributed by atoms with Crippen LogP contribution in [0.3, 0.4) is 0 Å². The first-order valence-electron chi connectivity index (χ1n) is 7.54. The Morgan fingerprint density at radius 3 is 2.08 bits per heavy atom. The second kappa shape index (κ2) is 7.69. The van der Waals surface area contributed by atoms with Gasteiger partial charge in [0.2, 0.25) is 0 Å². The van der Waals surface area contributed by atoms with E-state index in [1.165, 1.54) is 12.1 Å². The van der Waals surface area contributed by atoms with Gasteiger partial charge in [-0.2, -0.15) is 0 Å². The van der Waals surface area contributed by atoms with E-state index in [1.54, 1.807) is 18.2 Å². The van der Waals surface area contributed by atoms with E-state index in [1.807, 2.05) is 12.1 Å². The van der Waals surface area contributed by atoms with Crippen LogP contribution in [0.25, 0.3) is 0 Å². The van der Waals surface area contributed by atoms with E-state index in [4.69, 9.17) is 28.9 Å². The van der Waals surface area contributed by atoms with Gasteiger partial charge in [0.1, 0.15) is 0 Å². The van der Waals surface area contributed by atoms with Gasteiger partial charge < -0.3 is 5.73 Å². The number of nitrogens with zero attached hydrogens (tertiary/aromatic N) is 1. The van der Waals surface area contributed by atoms with Gasteiger partial charge >= 0.3 is 6.03 Å². The third kappa shape index (κ3) is 3.71. The molecule has 0 aliphatic rings. The summed E-state index contributed by atoms with van der Waals surface area (Å²) in [5.41, 5.74) is 6.95. The van der Waals surface area contributed by atoms with Gasteiger partial charge in [0.15, 0.2) is 0 Å². The molecule has 0 aliphatic carbocycles. The summed E-state index contributed by atoms with van der Waals surface area (Å²) in [7, 11) is 0. The Hall–Kier alpha value is -2.04. The molecule has 0 saturated carbocycles. The number of imide groups is 1. The molecule has 2 aromatic rings. The number of anilines is 1. The van der Waals surface area contributed by atoms with E-state index in [9.17, 15) is 9.59 Å². The Balaban J connectivity index is 2.43. The second-order valence-corrected chi connectivity index (χ2v) is 6.29. The highest BCUT2D eigenvalue weighted by Gasteiger charge is 2.26. The lowest BCUT2D eigenvalue weighted by atomic mass is 9.98. The maximum absolute atomic E-state index is 12.8. The van der Waals surface area contributed by atoms with Crippen molar-refractivity contribution in [3.8, 4) is 0 Å². The highest BCUT2D eigenvalue weighted by Crippen LogP contribution is 2.29. The number of carbonyl (C=O) groups is 2. The maximum Gasteiger partial charge on any atom is 0.326 e. The lowest BCUT2D eigenvalue weighted by molar-refractivity contribution is 0.0995. The first-order chi connectivity index (χ1) is 11.4. The summed E-state index contributed by atoms with van der Waals surface area (Å²) in [6.07, 6.45) is 0.993. The van der Waals surface area contributed by atoms with Gasteiger partial charge in [-0.15, -0.1) is 0 Å². The van der Waals surface area contributed by atoms with Crippen LogP contribution in [-0.2, 0) is 0 Å². The zero-order valence-corrected chi connectivity index (χ0v) is 14.9. The Morgan fingerprint density at radius 2 is 1.62 bits per heavy atom. The Labute approximate surface area is 151 Å². The molecular weight excluding hydrogens is 347 g/mol. The average molecular weight is 365 g/mol. The van der Waals surface area contributed by atoms with Crippen molar-refractivity contribution in [3.63, 3.8) is 0 Å². The molecule has 0 aliphatic heterocycles. The van der Waals surface area contributed by atoms with Crippen LogP contribution in [0.2, 0.25) is 10.0 Å². The highest BCUT2D eigenvalue weighted by atomic mass is 35.5. The second-order valence-electron chi connectivity index (χ2n) is 5.48. The predicted molar refractivity (Wildman–Crippen MR) is 98.0 cm³/mol. The number of nitrogens with two attached hydrogens (primary N) is 1. The molecular formula is C18H18Cl2N2O2. The Morgan fingerprint density at radius 1 is 1.08 bits per heavy atom. The number of amides is 3. The minimum absolute atomic E-state index is 0.0469. The van der Waals surface area contributed by atoms with Crippen molar-refractivity contribution < 1.29 is 9.59 Å². The van der Waals surface area contributed by atoms with Crippen molar-refractivity contribution in [1.82, 2.24) is 0 Å². The number of primary amides is 1. The smallest absolute Gasteiger partial charge is 0.326 e. The van der Waals surface area contributed by atoms with E-state index in [-0.39, 0.29) is 15.6 Å². The van der Waals surface area contributed by atoms with Crippen LogP contribution in [0.15, 0.2) is 42.5 Å². The summed E-state index contributed by atoms with van der Waals surface area (Å²) >= 11 is 12.1. The maximum atomic E-state index is 12.8. The van der Waals surface area contributed by atoms with Crippen molar-refractivity contribution in [2.45, 2.75) is 26.2 Å². The van der Waals surface area contributed by atoms with Crippen LogP contribution in [0.1, 0.15) is 42.1 Å². The Kier molecular flexibility index (Phi) is 5.86. The summed E-state index contributed by atoms with van der Waals surface area (Å²) in [6.45, 7) is 4.20. The van der Waals surface area contributed by atoms with Crippen LogP contribution in [-0.4, -0.2) is 11.9 Å². The fraction of sp³-hybridized carbons (Fsp3) is 0.222. The minimum Gasteiger partial charge on any atom is -0.351 e. The summed E-state index contributed by atoms with van der Waals surface area (Å²) in [5, 5.41) is 0.324. The SMILES string of the molecule is CCC(C)c1ccc(N(C(N)=O)C(=O)c2c(Cl)cccc2Cl)cc1. The third-order valence-electron chi connectivity index (χ3n) is 3.93. The molecule has 0 radical (unpaired) electrons. The van der Waals surface area contributed by atoms with Crippen LogP contribution in [0.5, 0.6) is 0 Å². The van der Waals surface area contributed by atoms with Crippen LogP contribution >= 0.6 is 23.2 Å². The number of urea groups is 1. The molecule has 1 atom stereocenters. The number of carbonyl (C=O) groups excluding carboxylic acids is 2. The topological polar surface area (TPSA) is 63.4 Å². The molecule has 3 amide bonds. The van der Waals surface area contributed by atoms with Gasteiger partial charge in [0.25, 0.3) is 5.91 Å². The lowest BCUT2D eigenvalue weighted by Crippen LogP contribution is -2.41. The quantitative estimate of drug-likeness (QED) is 0.806. The normalized spacial score (nSPS) is 11.8. The molecule has 2 rings (SSSR count). The van der Waals surface area contributed by atoms with Gasteiger partial charge in [0.05, 0.1) is 21.3 Å². The summed E-state index contributed by atoms with van der Waals surface area (Å²) < 4.78 is 0. The fourth-order valence-electron chi connectivity index (χ4n) is 2.35. The highest BCUT2D eigenvalue weighted by molar-refractivity contribution is 6.41. The first kappa shape index (κ1) is 18.3. The van der Waals surface area contributed by atoms with Gasteiger partial charge in [-0.1, -0.05) is 55.2 Å². The van der Waals surface area contributed by atoms with Crippen molar-refractivity contribution in [3.05, 3.63) is 63.6 Å². The van der Waals surface area contributed by atoms with Crippen LogP contribution < -0.4 is 10.6 Å². The van der Waals surface area contributed by atoms with Crippen LogP contribution in [0, 0.1) is 0 Å². The van der Waals surface area contributed by atoms with E-state index < -0.39 is 11.9 Å². The first-order valence-corrected chi connectivity index (χ1v) is 8.30. The third-order valence-corrected chi connectivity index (χ3v) is 4.56. The van der Waals surface area contributed by atoms with Crippen LogP contribution in [0.4, 0.5) is 10.5 Å². The minimum atomic E-state index is -0.896. The average Bonchev–Trinajstić information content (AvgIpc) is 2.54. The van der Waals surface area contributed by atoms with Crippen molar-refractivity contribution >= 4 is 40.8 Å². The molecule has 2 N–H and O–H groups in total. The monoisotopic (exact) mass is 364 g/mol. The molecule has 6 heteroatoms. The van der Waals surface area contributed by atoms with E-state index >= 15 is 0 Å². The van der Waals surface area contributed by atoms with Crippen molar-refractivity contribution in [1.29, 1.82) is 0 Å². The fourth-order valence-corrected chi connectivity index (χ4v) is 2.91. The van der Waals surface area contributed by atoms with Gasteiger partial charge in [-0.3, -0.25) is 4.79 Å². The Bertz CT molecular complexity index is 740. The van der Waals surface area contributed by atoms with Gasteiger partial charge in [0, 0.05) is 0 Å². The molecule has 0 saturated heterocycles. The van der Waals surface area contributed by atoms with E-state index in [2.05, 4.69) is 13.8 Å². The molecule has 1 unspecified atom stereocenters. The predicted octanol–water partition coefficient (Wildman–Crippen LogP) is 5.23. The number of rotatable bonds is 4. The van der Waals surface area contributed by atoms with Gasteiger partial charge in [-0.25, -0.2) is 9.69 Å². The number of hydrogen-bond donors (Lipinski definition) is 1. The summed E-state index contributed by atoms with van der Waals surface area (Å²) in [5.74, 6) is -0.274. The number of benzene rings is 2. The van der Waals surface area contributed by atoms with E-state index in [0.29, 0.717) is 11.6 Å². The number of halogens is 2. The zero-order valence-electron chi connectivity index (χ0n) is 13.4. The van der Waals surface area contributed by atoms with Gasteiger partial charge in [-0.05, 0) is 42.2 Å². The standard InChI is InChI=1S/C18H18Cl2N2O2/c1-3-11(2)12-7-9-13(10-8-12)22(18(21)24)17(23)16-14(19)5-4-6-15(16)20/h4-11H,3H2,1-2H3,(H2,21,24). The molecule has 24 heavy (non-hydrogen) atoms. The molecule has 126 valence electrons. The lowest BCUT2D eigenvalue weighted by Gasteiger charge is -2.20. The molecule has 4 nitrogen and oxygen atoms in total. The largest absolute Gasteiger partial charge is 0.351 e. The molecule has 0 aromatic heterocycles. The molecule has 0 spiro atoms. The number of hydrogen-bond acceptors (Lipinski definition) is 2. The summed E-state index contributed by atoms with van der Waals surface area (Å²) in [4.78, 5) is 25.5. The molecule has 0 bridgehead atoms. The molecule has 0 heterocycles. The molecule has 0 fully saturated rings. The van der Waals surface area contributed by atoms with Crippen molar-refractivity contribution in [2.75, 3.05) is 4.90 Å². The van der Waals surface area contributed by atoms with E-state index in [0.717, 1.165) is 16.9 Å². The molecule has 2 aromatic carbocycles.